The third-order valence-corrected chi connectivity index (χ3v) is 15.7. The lowest BCUT2D eigenvalue weighted by molar-refractivity contribution is -0.703. The van der Waals surface area contributed by atoms with Crippen LogP contribution in [0.25, 0.3) is 0 Å². The summed E-state index contributed by atoms with van der Waals surface area (Å²) in [6, 6.07) is 6.57. The molecule has 2 aromatic carbocycles. The number of nitrogens with two attached hydrogens (primary N) is 1. The van der Waals surface area contributed by atoms with Gasteiger partial charge in [-0.05, 0) is 74.0 Å². The zero-order chi connectivity index (χ0) is 54.6. The number of unbranched alkanes of at least 4 members (excludes halogenated alkanes) is 1. The average Bonchev–Trinajstić information content (AvgIpc) is 3.78. The lowest BCUT2D eigenvalue weighted by Gasteiger charge is -2.28. The number of carbonyl (C=O) groups is 6. The SMILES string of the molecule is CCC(C)[C@@H]1NC(=O)c2cc(C(=O)NCCOCCOCCOCCC(=O)CCC(O)Cn3cc[n+](CC(O)(P(=O)(O)O)P(=O)(O)O)c3)ccc2NCc2ccc(C(=O)O)cc2NC(=O)[C@H](CCCCN)NC1=O. The number of fused-ring (bicyclic) bond motifs is 2. The predicted molar refractivity (Wildman–Crippen MR) is 265 cm³/mol. The number of aliphatic hydroxyl groups is 2. The molecule has 0 aliphatic carbocycles. The Morgan fingerprint density at radius 1 is 0.892 bits per heavy atom. The minimum atomic E-state index is -5.66. The van der Waals surface area contributed by atoms with Crippen molar-refractivity contribution in [2.24, 2.45) is 11.7 Å². The highest BCUT2D eigenvalue weighted by Crippen LogP contribution is 2.67. The van der Waals surface area contributed by atoms with Gasteiger partial charge in [-0.15, -0.1) is 0 Å². The summed E-state index contributed by atoms with van der Waals surface area (Å²) in [5, 5.41) is 40.9. The van der Waals surface area contributed by atoms with Gasteiger partial charge in [0.15, 0.2) is 0 Å². The quantitative estimate of drug-likeness (QED) is 0.0254. The first-order valence-corrected chi connectivity index (χ1v) is 27.2. The number of aliphatic hydroxyl groups excluding tert-OH is 1. The number of hydrogen-bond donors (Lipinski definition) is 13. The van der Waals surface area contributed by atoms with Crippen molar-refractivity contribution in [3.05, 3.63) is 77.4 Å². The maximum Gasteiger partial charge on any atom is 0.373 e. The highest BCUT2D eigenvalue weighted by Gasteiger charge is 2.61. The number of carboxylic acids is 1. The zero-order valence-electron chi connectivity index (χ0n) is 41.2. The fourth-order valence-electron chi connectivity index (χ4n) is 7.45. The van der Waals surface area contributed by atoms with E-state index < -0.39 is 74.6 Å². The third-order valence-electron chi connectivity index (χ3n) is 12.0. The van der Waals surface area contributed by atoms with E-state index in [1.54, 1.807) is 6.92 Å². The summed E-state index contributed by atoms with van der Waals surface area (Å²) in [5.74, 6) is -4.08. The van der Waals surface area contributed by atoms with E-state index in [0.717, 1.165) is 4.57 Å². The van der Waals surface area contributed by atoms with Crippen LogP contribution in [0.5, 0.6) is 0 Å². The molecule has 4 rings (SSSR count). The second-order valence-corrected chi connectivity index (χ2v) is 21.7. The van der Waals surface area contributed by atoms with E-state index in [0.29, 0.717) is 37.1 Å². The van der Waals surface area contributed by atoms with Crippen LogP contribution >= 0.6 is 15.2 Å². The number of nitrogens with zero attached hydrogens (tertiary/aromatic N) is 2. The van der Waals surface area contributed by atoms with Crippen molar-refractivity contribution in [2.45, 2.75) is 102 Å². The molecule has 28 heteroatoms. The summed E-state index contributed by atoms with van der Waals surface area (Å²) in [6.45, 7) is 4.00. The van der Waals surface area contributed by atoms with Crippen LogP contribution in [-0.2, 0) is 57.4 Å². The smallest absolute Gasteiger partial charge is 0.373 e. The van der Waals surface area contributed by atoms with E-state index in [-0.39, 0.29) is 119 Å². The van der Waals surface area contributed by atoms with Gasteiger partial charge in [-0.2, -0.15) is 0 Å². The van der Waals surface area contributed by atoms with Crippen LogP contribution in [0.15, 0.2) is 55.1 Å². The molecule has 4 amide bonds. The molecule has 0 bridgehead atoms. The molecule has 2 unspecified atom stereocenters. The molecule has 26 nitrogen and oxygen atoms in total. The molecule has 74 heavy (non-hydrogen) atoms. The number of benzene rings is 2. The minimum absolute atomic E-state index is 0.0235. The van der Waals surface area contributed by atoms with E-state index in [1.165, 1.54) is 59.7 Å². The molecule has 0 saturated heterocycles. The Balaban J connectivity index is 1.20. The highest BCUT2D eigenvalue weighted by atomic mass is 31.2. The standard InChI is InChI=1S/C46H68N8O18P2/c1-3-30(2)40-44(60)50-38(6-4-5-14-47)43(59)51-39-25-32(45(61)62)7-8-33(39)26-49-37-12-9-31(24-36(37)42(58)52-40)41(57)48-15-19-71-21-23-72-22-20-70-18-13-34(55)10-11-35(56)27-53-16-17-54(29-53)28-46(63,73(64,65)66)74(67,68)69/h7-9,12,16-17,24-25,29-30,35,38,40,56,63H,3-6,10-11,13-15,18-23,26-28,47H2,1-2H3,(H9-,48,49,50,51,52,57,58,59,60,61,62,64,65,66,67,68,69)/p+1/t30?,35?,38-,40-/m0/s1. The van der Waals surface area contributed by atoms with Crippen molar-refractivity contribution >= 4 is 61.9 Å². The number of carboxylic acid groups (broad SMARTS) is 1. The van der Waals surface area contributed by atoms with Crippen LogP contribution in [0.2, 0.25) is 0 Å². The number of ether oxygens (including phenoxy) is 3. The van der Waals surface area contributed by atoms with E-state index in [2.05, 4.69) is 26.6 Å². The highest BCUT2D eigenvalue weighted by molar-refractivity contribution is 7.72. The van der Waals surface area contributed by atoms with Gasteiger partial charge in [0.2, 0.25) is 18.1 Å². The molecule has 14 N–H and O–H groups in total. The normalized spacial score (nSPS) is 16.6. The third kappa shape index (κ3) is 18.4. The Bertz CT molecular complexity index is 2480. The first-order valence-electron chi connectivity index (χ1n) is 23.9. The second-order valence-electron chi connectivity index (χ2n) is 17.7. The average molecular weight is 1080 g/mol. The number of amides is 4. The Hall–Kier alpha value is -5.47. The number of ketones is 1. The van der Waals surface area contributed by atoms with Gasteiger partial charge in [-0.25, -0.2) is 13.9 Å². The van der Waals surface area contributed by atoms with Crippen molar-refractivity contribution in [1.82, 2.24) is 20.5 Å². The molecule has 1 aliphatic rings. The van der Waals surface area contributed by atoms with Crippen LogP contribution < -0.4 is 36.9 Å². The first kappa shape index (κ1) is 61.1. The largest absolute Gasteiger partial charge is 0.478 e. The Kier molecular flexibility index (Phi) is 23.9. The van der Waals surface area contributed by atoms with Gasteiger partial charge in [-0.3, -0.25) is 33.1 Å². The topological polar surface area (TPSA) is 401 Å². The summed E-state index contributed by atoms with van der Waals surface area (Å²) >= 11 is 0. The number of Topliss-reactive ketones (excluding diaryl/α,β-unsaturated/α-hetero) is 1. The molecular weight excluding hydrogens is 1010 g/mol. The minimum Gasteiger partial charge on any atom is -0.478 e. The summed E-state index contributed by atoms with van der Waals surface area (Å²) in [5.41, 5.74) is 6.79. The second kappa shape index (κ2) is 29.0. The maximum atomic E-state index is 14.1. The number of imidazole rings is 1. The number of carbonyl (C=O) groups excluding carboxylic acids is 5. The van der Waals surface area contributed by atoms with Gasteiger partial charge in [0, 0.05) is 42.9 Å². The zero-order valence-corrected chi connectivity index (χ0v) is 43.0. The number of hydrogen-bond acceptors (Lipinski definition) is 15. The molecule has 410 valence electrons. The first-order chi connectivity index (χ1) is 35.0. The molecule has 0 saturated carbocycles. The Morgan fingerprint density at radius 3 is 2.20 bits per heavy atom. The van der Waals surface area contributed by atoms with Gasteiger partial charge >= 0.3 is 26.2 Å². The monoisotopic (exact) mass is 1080 g/mol. The molecule has 3 aromatic rings. The summed E-state index contributed by atoms with van der Waals surface area (Å²) in [7, 11) is -11.3. The fraction of sp³-hybridized carbons (Fsp3) is 0.543. The maximum absolute atomic E-state index is 14.1. The van der Waals surface area contributed by atoms with Gasteiger partial charge in [0.05, 0.1) is 56.9 Å². The van der Waals surface area contributed by atoms with Crippen molar-refractivity contribution in [3.63, 3.8) is 0 Å². The lowest BCUT2D eigenvalue weighted by Crippen LogP contribution is -2.55. The summed E-state index contributed by atoms with van der Waals surface area (Å²) in [4.78, 5) is 117. The molecule has 1 aliphatic heterocycles. The van der Waals surface area contributed by atoms with Gasteiger partial charge in [-0.1, -0.05) is 26.3 Å². The van der Waals surface area contributed by atoms with E-state index in [9.17, 15) is 72.8 Å². The van der Waals surface area contributed by atoms with Crippen LogP contribution in [0.1, 0.15) is 95.4 Å². The molecule has 0 radical (unpaired) electrons. The number of aromatic carboxylic acids is 1. The number of rotatable bonds is 29. The number of anilines is 2. The molecule has 4 atom stereocenters. The Labute approximate surface area is 427 Å². The van der Waals surface area contributed by atoms with E-state index in [4.69, 9.17) is 19.9 Å². The van der Waals surface area contributed by atoms with Crippen LogP contribution in [-0.4, -0.2) is 151 Å². The van der Waals surface area contributed by atoms with Crippen molar-refractivity contribution in [1.29, 1.82) is 0 Å². The van der Waals surface area contributed by atoms with Crippen molar-refractivity contribution in [2.75, 3.05) is 63.4 Å². The lowest BCUT2D eigenvalue weighted by atomic mass is 9.96. The molecule has 1 aromatic heterocycles. The fourth-order valence-corrected chi connectivity index (χ4v) is 9.51. The molecule has 2 heterocycles. The van der Waals surface area contributed by atoms with E-state index >= 15 is 0 Å². The van der Waals surface area contributed by atoms with Crippen molar-refractivity contribution < 1.29 is 91.6 Å². The van der Waals surface area contributed by atoms with Gasteiger partial charge in [0.25, 0.3) is 11.8 Å². The van der Waals surface area contributed by atoms with Crippen LogP contribution in [0.3, 0.4) is 0 Å². The number of nitrogens with one attached hydrogen (secondary N) is 5. The molecule has 0 fully saturated rings. The van der Waals surface area contributed by atoms with Gasteiger partial charge in [0.1, 0.15) is 43.4 Å². The Morgan fingerprint density at radius 2 is 1.55 bits per heavy atom. The molecular formula is C46H69N8O18P2+. The summed E-state index contributed by atoms with van der Waals surface area (Å²) < 4.78 is 42.1. The molecule has 0 spiro atoms. The van der Waals surface area contributed by atoms with Crippen molar-refractivity contribution in [3.8, 4) is 0 Å². The number of aromatic nitrogens is 2. The van der Waals surface area contributed by atoms with Crippen LogP contribution in [0.4, 0.5) is 11.4 Å². The predicted octanol–water partition coefficient (Wildman–Crippen LogP) is 0.378. The van der Waals surface area contributed by atoms with Crippen LogP contribution in [0, 0.1) is 5.92 Å². The summed E-state index contributed by atoms with van der Waals surface area (Å²) in [6.07, 6.45) is 4.71. The van der Waals surface area contributed by atoms with Gasteiger partial charge < -0.3 is 81.4 Å². The van der Waals surface area contributed by atoms with E-state index in [1.807, 2.05) is 6.92 Å².